The molecule has 0 unspecified atom stereocenters. The van der Waals surface area contributed by atoms with Gasteiger partial charge in [0.05, 0.1) is 0 Å². The van der Waals surface area contributed by atoms with Gasteiger partial charge in [0.25, 0.3) is 0 Å². The number of urea groups is 1. The first-order valence-electron chi connectivity index (χ1n) is 7.49. The summed E-state index contributed by atoms with van der Waals surface area (Å²) in [5.74, 6) is 0.668. The van der Waals surface area contributed by atoms with E-state index in [-0.39, 0.29) is 6.03 Å². The highest BCUT2D eigenvalue weighted by Gasteiger charge is 2.11. The number of amides is 2. The number of nitrogens with zero attached hydrogens (tertiary/aromatic N) is 1. The number of carbonyl (C=O) groups is 1. The standard InChI is InChI=1S/C14H26N4O/c19-14(16-6-5-13-3-1-2-4-13)17-9-12-18-10-7-15-8-11-18/h5-6,13,15H,1-4,7-12H2,(H2,16,17,19)/b6-5+. The molecular weight excluding hydrogens is 240 g/mol. The molecule has 0 radical (unpaired) electrons. The zero-order valence-electron chi connectivity index (χ0n) is 11.7. The van der Waals surface area contributed by atoms with Crippen molar-refractivity contribution in [1.29, 1.82) is 0 Å². The van der Waals surface area contributed by atoms with Crippen LogP contribution in [0.3, 0.4) is 0 Å². The third-order valence-electron chi connectivity index (χ3n) is 3.91. The number of allylic oxidation sites excluding steroid dienone is 1. The van der Waals surface area contributed by atoms with Crippen molar-refractivity contribution in [3.8, 4) is 0 Å². The lowest BCUT2D eigenvalue weighted by atomic mass is 10.1. The Kier molecular flexibility index (Phi) is 6.17. The summed E-state index contributed by atoms with van der Waals surface area (Å²) in [6.45, 7) is 5.90. The molecule has 0 aromatic rings. The summed E-state index contributed by atoms with van der Waals surface area (Å²) in [6, 6.07) is -0.0932. The molecule has 1 heterocycles. The lowest BCUT2D eigenvalue weighted by Crippen LogP contribution is -2.46. The van der Waals surface area contributed by atoms with Gasteiger partial charge < -0.3 is 16.0 Å². The van der Waals surface area contributed by atoms with E-state index in [0.29, 0.717) is 12.5 Å². The Morgan fingerprint density at radius 2 is 2.00 bits per heavy atom. The molecule has 0 aromatic heterocycles. The van der Waals surface area contributed by atoms with Crippen LogP contribution in [0.5, 0.6) is 0 Å². The van der Waals surface area contributed by atoms with Gasteiger partial charge in [0.1, 0.15) is 0 Å². The lowest BCUT2D eigenvalue weighted by molar-refractivity contribution is 0.229. The van der Waals surface area contributed by atoms with Crippen molar-refractivity contribution in [2.75, 3.05) is 39.3 Å². The fourth-order valence-corrected chi connectivity index (χ4v) is 2.72. The summed E-state index contributed by atoms with van der Waals surface area (Å²) in [7, 11) is 0. The van der Waals surface area contributed by atoms with Gasteiger partial charge in [-0.15, -0.1) is 0 Å². The minimum Gasteiger partial charge on any atom is -0.337 e. The third kappa shape index (κ3) is 5.61. The molecule has 5 heteroatoms. The smallest absolute Gasteiger partial charge is 0.318 e. The highest BCUT2D eigenvalue weighted by atomic mass is 16.2. The van der Waals surface area contributed by atoms with Crippen molar-refractivity contribution in [2.45, 2.75) is 25.7 Å². The number of hydrogen-bond acceptors (Lipinski definition) is 3. The lowest BCUT2D eigenvalue weighted by Gasteiger charge is -2.26. The Labute approximate surface area is 115 Å². The highest BCUT2D eigenvalue weighted by molar-refractivity contribution is 5.74. The van der Waals surface area contributed by atoms with Crippen molar-refractivity contribution in [2.24, 2.45) is 5.92 Å². The summed E-state index contributed by atoms with van der Waals surface area (Å²) in [6.07, 6.45) is 9.11. The third-order valence-corrected chi connectivity index (χ3v) is 3.91. The van der Waals surface area contributed by atoms with Crippen LogP contribution in [0.4, 0.5) is 4.79 Å². The maximum atomic E-state index is 11.6. The molecule has 0 bridgehead atoms. The van der Waals surface area contributed by atoms with Crippen LogP contribution in [-0.4, -0.2) is 50.2 Å². The number of hydrogen-bond donors (Lipinski definition) is 3. The quantitative estimate of drug-likeness (QED) is 0.693. The highest BCUT2D eigenvalue weighted by Crippen LogP contribution is 2.25. The number of rotatable bonds is 5. The Balaban J connectivity index is 1.51. The molecule has 5 nitrogen and oxygen atoms in total. The average Bonchev–Trinajstić information content (AvgIpc) is 2.93. The summed E-state index contributed by atoms with van der Waals surface area (Å²) < 4.78 is 0. The molecule has 0 spiro atoms. The number of piperazine rings is 1. The van der Waals surface area contributed by atoms with E-state index >= 15 is 0 Å². The van der Waals surface area contributed by atoms with Crippen LogP contribution in [0.2, 0.25) is 0 Å². The molecule has 2 amide bonds. The first-order chi connectivity index (χ1) is 9.34. The molecule has 2 aliphatic rings. The minimum atomic E-state index is -0.0932. The maximum Gasteiger partial charge on any atom is 0.318 e. The van der Waals surface area contributed by atoms with Crippen molar-refractivity contribution >= 4 is 6.03 Å². The van der Waals surface area contributed by atoms with Gasteiger partial charge >= 0.3 is 6.03 Å². The molecule has 108 valence electrons. The van der Waals surface area contributed by atoms with Gasteiger partial charge in [-0.1, -0.05) is 18.9 Å². The van der Waals surface area contributed by atoms with E-state index in [1.54, 1.807) is 6.20 Å². The predicted octanol–water partition coefficient (Wildman–Crippen LogP) is 0.895. The zero-order valence-corrected chi connectivity index (χ0v) is 11.7. The first kappa shape index (κ1) is 14.3. The molecule has 19 heavy (non-hydrogen) atoms. The fourth-order valence-electron chi connectivity index (χ4n) is 2.72. The van der Waals surface area contributed by atoms with E-state index < -0.39 is 0 Å². The van der Waals surface area contributed by atoms with E-state index in [1.807, 2.05) is 0 Å². The molecule has 2 rings (SSSR count). The van der Waals surface area contributed by atoms with Crippen molar-refractivity contribution in [1.82, 2.24) is 20.9 Å². The van der Waals surface area contributed by atoms with Crippen LogP contribution >= 0.6 is 0 Å². The molecule has 2 fully saturated rings. The Hall–Kier alpha value is -1.07. The molecule has 1 aliphatic heterocycles. The SMILES string of the molecule is O=C(N/C=C/C1CCCC1)NCCN1CCNCC1. The van der Waals surface area contributed by atoms with Gasteiger partial charge in [0, 0.05) is 45.5 Å². The molecular formula is C14H26N4O. The summed E-state index contributed by atoms with van der Waals surface area (Å²) in [5.41, 5.74) is 0. The van der Waals surface area contributed by atoms with Crippen molar-refractivity contribution in [3.63, 3.8) is 0 Å². The Bertz CT molecular complexity index is 294. The van der Waals surface area contributed by atoms with Gasteiger partial charge in [-0.3, -0.25) is 4.90 Å². The van der Waals surface area contributed by atoms with Crippen molar-refractivity contribution in [3.05, 3.63) is 12.3 Å². The normalized spacial score (nSPS) is 21.9. The van der Waals surface area contributed by atoms with Crippen LogP contribution in [-0.2, 0) is 0 Å². The second kappa shape index (κ2) is 8.17. The van der Waals surface area contributed by atoms with Gasteiger partial charge in [-0.2, -0.15) is 0 Å². The molecule has 1 saturated heterocycles. The van der Waals surface area contributed by atoms with Gasteiger partial charge in [0.15, 0.2) is 0 Å². The van der Waals surface area contributed by atoms with Crippen LogP contribution < -0.4 is 16.0 Å². The maximum absolute atomic E-state index is 11.6. The summed E-state index contributed by atoms with van der Waals surface area (Å²) in [4.78, 5) is 13.9. The van der Waals surface area contributed by atoms with E-state index in [4.69, 9.17) is 0 Å². The number of carbonyl (C=O) groups excluding carboxylic acids is 1. The average molecular weight is 266 g/mol. The first-order valence-corrected chi connectivity index (χ1v) is 7.49. The summed E-state index contributed by atoms with van der Waals surface area (Å²) >= 11 is 0. The van der Waals surface area contributed by atoms with Gasteiger partial charge in [-0.25, -0.2) is 4.79 Å². The Morgan fingerprint density at radius 3 is 2.74 bits per heavy atom. The molecule has 1 aliphatic carbocycles. The van der Waals surface area contributed by atoms with E-state index in [1.165, 1.54) is 25.7 Å². The Morgan fingerprint density at radius 1 is 1.26 bits per heavy atom. The molecule has 1 saturated carbocycles. The fraction of sp³-hybridized carbons (Fsp3) is 0.786. The van der Waals surface area contributed by atoms with E-state index in [9.17, 15) is 4.79 Å². The largest absolute Gasteiger partial charge is 0.337 e. The molecule has 0 aromatic carbocycles. The monoisotopic (exact) mass is 266 g/mol. The van der Waals surface area contributed by atoms with Crippen LogP contribution in [0, 0.1) is 5.92 Å². The topological polar surface area (TPSA) is 56.4 Å². The van der Waals surface area contributed by atoms with Gasteiger partial charge in [-0.05, 0) is 18.8 Å². The summed E-state index contributed by atoms with van der Waals surface area (Å²) in [5, 5.41) is 9.00. The van der Waals surface area contributed by atoms with Crippen LogP contribution in [0.15, 0.2) is 12.3 Å². The van der Waals surface area contributed by atoms with E-state index in [0.717, 1.165) is 32.7 Å². The van der Waals surface area contributed by atoms with Crippen LogP contribution in [0.1, 0.15) is 25.7 Å². The molecule has 0 atom stereocenters. The van der Waals surface area contributed by atoms with Crippen LogP contribution in [0.25, 0.3) is 0 Å². The van der Waals surface area contributed by atoms with Crippen molar-refractivity contribution < 1.29 is 4.79 Å². The zero-order chi connectivity index (χ0) is 13.3. The number of nitrogens with one attached hydrogen (secondary N) is 3. The predicted molar refractivity (Wildman–Crippen MR) is 76.9 cm³/mol. The second-order valence-electron chi connectivity index (χ2n) is 5.40. The minimum absolute atomic E-state index is 0.0932. The molecule has 3 N–H and O–H groups in total. The van der Waals surface area contributed by atoms with Gasteiger partial charge in [0.2, 0.25) is 0 Å². The van der Waals surface area contributed by atoms with E-state index in [2.05, 4.69) is 26.9 Å². The second-order valence-corrected chi connectivity index (χ2v) is 5.40.